The molecule has 25 heavy (non-hydrogen) atoms. The quantitative estimate of drug-likeness (QED) is 0.432. The van der Waals surface area contributed by atoms with Gasteiger partial charge in [0.1, 0.15) is 5.01 Å². The van der Waals surface area contributed by atoms with Gasteiger partial charge in [-0.15, -0.1) is 11.3 Å². The van der Waals surface area contributed by atoms with E-state index in [1.165, 1.54) is 10.4 Å². The van der Waals surface area contributed by atoms with E-state index >= 15 is 0 Å². The molecule has 1 aromatic carbocycles. The van der Waals surface area contributed by atoms with Crippen molar-refractivity contribution in [2.75, 3.05) is 27.2 Å². The van der Waals surface area contributed by atoms with E-state index in [4.69, 9.17) is 0 Å². The molecule has 0 saturated heterocycles. The molecule has 1 aromatic heterocycles. The summed E-state index contributed by atoms with van der Waals surface area (Å²) in [5, 5.41) is 7.79. The van der Waals surface area contributed by atoms with Gasteiger partial charge in [0.2, 0.25) is 0 Å². The Bertz CT molecular complexity index is 646. The van der Waals surface area contributed by atoms with Crippen molar-refractivity contribution in [1.82, 2.24) is 20.5 Å². The minimum absolute atomic E-state index is 0.715. The zero-order valence-electron chi connectivity index (χ0n) is 15.7. The lowest BCUT2D eigenvalue weighted by atomic mass is 10.2. The van der Waals surface area contributed by atoms with Crippen LogP contribution in [0.1, 0.15) is 27.6 Å². The van der Waals surface area contributed by atoms with Crippen LogP contribution < -0.4 is 10.6 Å². The van der Waals surface area contributed by atoms with Crippen molar-refractivity contribution in [2.45, 2.75) is 33.4 Å². The summed E-state index contributed by atoms with van der Waals surface area (Å²) < 4.78 is 0. The van der Waals surface area contributed by atoms with Crippen LogP contribution in [0.2, 0.25) is 0 Å². The van der Waals surface area contributed by atoms with E-state index in [-0.39, 0.29) is 0 Å². The van der Waals surface area contributed by atoms with Gasteiger partial charge in [-0.05, 0) is 39.4 Å². The second-order valence-electron chi connectivity index (χ2n) is 6.18. The summed E-state index contributed by atoms with van der Waals surface area (Å²) in [4.78, 5) is 12.4. The van der Waals surface area contributed by atoms with Gasteiger partial charge in [-0.2, -0.15) is 0 Å². The first-order valence-corrected chi connectivity index (χ1v) is 9.50. The SMILES string of the molecule is CN=C(NCCCN(C)Cc1ccccc1)NCc1nc(C)c(C)s1. The van der Waals surface area contributed by atoms with Crippen molar-refractivity contribution in [3.05, 3.63) is 51.5 Å². The van der Waals surface area contributed by atoms with E-state index in [1.807, 2.05) is 6.92 Å². The van der Waals surface area contributed by atoms with E-state index in [2.05, 4.69) is 69.8 Å². The van der Waals surface area contributed by atoms with E-state index in [1.54, 1.807) is 18.4 Å². The molecule has 136 valence electrons. The smallest absolute Gasteiger partial charge is 0.191 e. The Balaban J connectivity index is 1.63. The summed E-state index contributed by atoms with van der Waals surface area (Å²) in [5.41, 5.74) is 2.47. The average molecular weight is 360 g/mol. The number of nitrogens with one attached hydrogen (secondary N) is 2. The number of rotatable bonds is 8. The van der Waals surface area contributed by atoms with Crippen molar-refractivity contribution in [1.29, 1.82) is 0 Å². The highest BCUT2D eigenvalue weighted by Gasteiger charge is 2.05. The minimum Gasteiger partial charge on any atom is -0.356 e. The fraction of sp³-hybridized carbons (Fsp3) is 0.474. The summed E-state index contributed by atoms with van der Waals surface area (Å²) in [6, 6.07) is 10.6. The van der Waals surface area contributed by atoms with Crippen LogP contribution in [0.4, 0.5) is 0 Å². The Morgan fingerprint density at radius 1 is 1.20 bits per heavy atom. The summed E-state index contributed by atoms with van der Waals surface area (Å²) >= 11 is 1.74. The number of guanidine groups is 1. The number of nitrogens with zero attached hydrogens (tertiary/aromatic N) is 3. The Labute approximate surface area is 155 Å². The first kappa shape index (κ1) is 19.4. The fourth-order valence-electron chi connectivity index (χ4n) is 2.52. The third-order valence-corrected chi connectivity index (χ3v) is 5.08. The zero-order chi connectivity index (χ0) is 18.1. The summed E-state index contributed by atoms with van der Waals surface area (Å²) in [6.07, 6.45) is 1.07. The number of hydrogen-bond donors (Lipinski definition) is 2. The number of aryl methyl sites for hydroxylation is 2. The maximum Gasteiger partial charge on any atom is 0.191 e. The molecule has 2 rings (SSSR count). The van der Waals surface area contributed by atoms with Crippen molar-refractivity contribution >= 4 is 17.3 Å². The summed E-state index contributed by atoms with van der Waals surface area (Å²) in [7, 11) is 3.96. The highest BCUT2D eigenvalue weighted by atomic mass is 32.1. The molecule has 5 nitrogen and oxygen atoms in total. The number of thiazole rings is 1. The normalized spacial score (nSPS) is 11.8. The Kier molecular flexibility index (Phi) is 7.88. The molecule has 0 aliphatic carbocycles. The van der Waals surface area contributed by atoms with Crippen molar-refractivity contribution < 1.29 is 0 Å². The molecule has 0 aliphatic heterocycles. The van der Waals surface area contributed by atoms with Gasteiger partial charge in [0.15, 0.2) is 5.96 Å². The number of benzene rings is 1. The maximum absolute atomic E-state index is 4.54. The van der Waals surface area contributed by atoms with Crippen LogP contribution in [0, 0.1) is 13.8 Å². The van der Waals surface area contributed by atoms with Crippen molar-refractivity contribution in [3.63, 3.8) is 0 Å². The largest absolute Gasteiger partial charge is 0.356 e. The predicted octanol–water partition coefficient (Wildman–Crippen LogP) is 2.95. The van der Waals surface area contributed by atoms with Gasteiger partial charge in [-0.3, -0.25) is 4.99 Å². The predicted molar refractivity (Wildman–Crippen MR) is 107 cm³/mol. The summed E-state index contributed by atoms with van der Waals surface area (Å²) in [6.45, 7) is 7.80. The fourth-order valence-corrected chi connectivity index (χ4v) is 3.40. The number of aliphatic imine (C=N–C) groups is 1. The molecule has 0 unspecified atom stereocenters. The molecule has 2 aromatic rings. The molecule has 0 bridgehead atoms. The second kappa shape index (κ2) is 10.2. The van der Waals surface area contributed by atoms with Crippen LogP contribution >= 0.6 is 11.3 Å². The molecular weight excluding hydrogens is 330 g/mol. The van der Waals surface area contributed by atoms with Crippen molar-refractivity contribution in [3.8, 4) is 0 Å². The van der Waals surface area contributed by atoms with Crippen LogP contribution in [0.5, 0.6) is 0 Å². The van der Waals surface area contributed by atoms with Gasteiger partial charge < -0.3 is 15.5 Å². The van der Waals surface area contributed by atoms with E-state index in [0.717, 1.165) is 42.7 Å². The topological polar surface area (TPSA) is 52.6 Å². The van der Waals surface area contributed by atoms with E-state index < -0.39 is 0 Å². The third-order valence-electron chi connectivity index (χ3n) is 4.01. The minimum atomic E-state index is 0.715. The molecule has 0 radical (unpaired) electrons. The van der Waals surface area contributed by atoms with E-state index in [0.29, 0.717) is 6.54 Å². The Hall–Kier alpha value is -1.92. The lowest BCUT2D eigenvalue weighted by Crippen LogP contribution is -2.38. The first-order valence-electron chi connectivity index (χ1n) is 8.68. The molecule has 0 amide bonds. The van der Waals surface area contributed by atoms with Gasteiger partial charge in [0, 0.05) is 25.0 Å². The van der Waals surface area contributed by atoms with Crippen LogP contribution in [-0.4, -0.2) is 43.0 Å². The number of hydrogen-bond acceptors (Lipinski definition) is 4. The van der Waals surface area contributed by atoms with Crippen LogP contribution in [-0.2, 0) is 13.1 Å². The van der Waals surface area contributed by atoms with Gasteiger partial charge in [-0.1, -0.05) is 30.3 Å². The Morgan fingerprint density at radius 3 is 2.60 bits per heavy atom. The molecule has 2 N–H and O–H groups in total. The molecule has 0 saturated carbocycles. The monoisotopic (exact) mass is 359 g/mol. The lowest BCUT2D eigenvalue weighted by Gasteiger charge is -2.17. The molecular formula is C19H29N5S. The third kappa shape index (κ3) is 6.84. The maximum atomic E-state index is 4.54. The molecule has 0 aliphatic rings. The van der Waals surface area contributed by atoms with Crippen molar-refractivity contribution in [2.24, 2.45) is 4.99 Å². The van der Waals surface area contributed by atoms with Gasteiger partial charge in [-0.25, -0.2) is 4.98 Å². The standard InChI is InChI=1S/C19H29N5S/c1-15-16(2)25-18(23-15)13-22-19(20-3)21-11-8-12-24(4)14-17-9-6-5-7-10-17/h5-7,9-10H,8,11-14H2,1-4H3,(H2,20,21,22). The number of aromatic nitrogens is 1. The van der Waals surface area contributed by atoms with Gasteiger partial charge >= 0.3 is 0 Å². The average Bonchev–Trinajstić information content (AvgIpc) is 2.93. The highest BCUT2D eigenvalue weighted by Crippen LogP contribution is 2.15. The molecule has 1 heterocycles. The first-order chi connectivity index (χ1) is 12.1. The molecule has 0 spiro atoms. The zero-order valence-corrected chi connectivity index (χ0v) is 16.5. The molecule has 6 heteroatoms. The second-order valence-corrected chi connectivity index (χ2v) is 7.47. The van der Waals surface area contributed by atoms with Crippen LogP contribution in [0.3, 0.4) is 0 Å². The summed E-state index contributed by atoms with van der Waals surface area (Å²) in [5.74, 6) is 0.830. The van der Waals surface area contributed by atoms with Crippen LogP contribution in [0.15, 0.2) is 35.3 Å². The van der Waals surface area contributed by atoms with Crippen LogP contribution in [0.25, 0.3) is 0 Å². The lowest BCUT2D eigenvalue weighted by molar-refractivity contribution is 0.322. The van der Waals surface area contributed by atoms with E-state index in [9.17, 15) is 0 Å². The molecule has 0 fully saturated rings. The van der Waals surface area contributed by atoms with Gasteiger partial charge in [0.05, 0.1) is 12.2 Å². The van der Waals surface area contributed by atoms with Gasteiger partial charge in [0.25, 0.3) is 0 Å². The molecule has 0 atom stereocenters. The highest BCUT2D eigenvalue weighted by molar-refractivity contribution is 7.11. The Morgan fingerprint density at radius 2 is 1.96 bits per heavy atom.